The zero-order chi connectivity index (χ0) is 20.3. The molecular weight excluding hydrogens is 371 g/mol. The molecule has 3 rings (SSSR count). The van der Waals surface area contributed by atoms with Gasteiger partial charge in [0, 0.05) is 11.7 Å². The molecule has 148 valence electrons. The first kappa shape index (κ1) is 19.7. The van der Waals surface area contributed by atoms with Crippen LogP contribution in [0.5, 0.6) is 5.75 Å². The third-order valence-electron chi connectivity index (χ3n) is 4.00. The Hall–Kier alpha value is -3.10. The number of aromatic nitrogens is 4. The number of nitrogens with zero attached hydrogens (tertiary/aromatic N) is 4. The van der Waals surface area contributed by atoms with Crippen LogP contribution in [0.1, 0.15) is 29.9 Å². The van der Waals surface area contributed by atoms with Gasteiger partial charge in [-0.3, -0.25) is 4.98 Å². The van der Waals surface area contributed by atoms with Crippen LogP contribution in [0.2, 0.25) is 0 Å². The quantitative estimate of drug-likeness (QED) is 0.675. The molecule has 2 heterocycles. The van der Waals surface area contributed by atoms with Crippen LogP contribution in [-0.4, -0.2) is 32.5 Å². The van der Waals surface area contributed by atoms with Gasteiger partial charge in [-0.25, -0.2) is 9.67 Å². The van der Waals surface area contributed by atoms with Crippen LogP contribution in [0.25, 0.3) is 5.82 Å². The van der Waals surface area contributed by atoms with E-state index in [2.05, 4.69) is 20.4 Å². The predicted molar refractivity (Wildman–Crippen MR) is 98.7 cm³/mol. The second kappa shape index (κ2) is 7.87. The van der Waals surface area contributed by atoms with Crippen molar-refractivity contribution in [1.29, 1.82) is 0 Å². The first-order chi connectivity index (χ1) is 13.2. The Morgan fingerprint density at radius 2 is 1.86 bits per heavy atom. The maximum Gasteiger partial charge on any atom is 0.422 e. The Morgan fingerprint density at radius 1 is 1.14 bits per heavy atom. The summed E-state index contributed by atoms with van der Waals surface area (Å²) in [4.78, 5) is 8.74. The molecule has 2 aromatic heterocycles. The maximum absolute atomic E-state index is 12.2. The number of ether oxygens (including phenoxy) is 1. The first-order valence-electron chi connectivity index (χ1n) is 8.63. The number of hydrogen-bond donors (Lipinski definition) is 1. The van der Waals surface area contributed by atoms with Crippen molar-refractivity contribution in [2.45, 2.75) is 33.0 Å². The molecule has 0 spiro atoms. The van der Waals surface area contributed by atoms with Crippen molar-refractivity contribution >= 4 is 5.82 Å². The van der Waals surface area contributed by atoms with E-state index in [4.69, 9.17) is 4.74 Å². The summed E-state index contributed by atoms with van der Waals surface area (Å²) < 4.78 is 43.1. The van der Waals surface area contributed by atoms with Crippen molar-refractivity contribution < 1.29 is 17.9 Å². The minimum atomic E-state index is -4.36. The summed E-state index contributed by atoms with van der Waals surface area (Å²) >= 11 is 0. The molecule has 1 aromatic carbocycles. The topological polar surface area (TPSA) is 64.9 Å². The summed E-state index contributed by atoms with van der Waals surface area (Å²) in [5.41, 5.74) is 2.71. The Balaban J connectivity index is 1.68. The lowest BCUT2D eigenvalue weighted by molar-refractivity contribution is -0.153. The molecule has 0 bridgehead atoms. The van der Waals surface area contributed by atoms with Crippen LogP contribution in [0.3, 0.4) is 0 Å². The van der Waals surface area contributed by atoms with Crippen LogP contribution in [0.15, 0.2) is 42.7 Å². The number of anilines is 1. The normalized spacial score (nSPS) is 12.6. The van der Waals surface area contributed by atoms with Gasteiger partial charge in [0.15, 0.2) is 12.4 Å². The average Bonchev–Trinajstić information content (AvgIpc) is 2.98. The summed E-state index contributed by atoms with van der Waals surface area (Å²) in [6.45, 7) is 4.45. The number of nitrogens with one attached hydrogen (secondary N) is 1. The molecule has 0 aliphatic carbocycles. The van der Waals surface area contributed by atoms with Gasteiger partial charge >= 0.3 is 6.18 Å². The molecule has 0 radical (unpaired) electrons. The molecular formula is C19H20F3N5O. The fourth-order valence-corrected chi connectivity index (χ4v) is 2.71. The van der Waals surface area contributed by atoms with Crippen LogP contribution in [0.4, 0.5) is 19.0 Å². The van der Waals surface area contributed by atoms with Crippen LogP contribution < -0.4 is 10.1 Å². The number of benzene rings is 1. The van der Waals surface area contributed by atoms with Crippen molar-refractivity contribution in [1.82, 2.24) is 19.7 Å². The van der Waals surface area contributed by atoms with Crippen LogP contribution >= 0.6 is 0 Å². The van der Waals surface area contributed by atoms with Crippen molar-refractivity contribution in [2.75, 3.05) is 11.9 Å². The summed E-state index contributed by atoms with van der Waals surface area (Å²) in [6.07, 6.45) is -1.13. The molecule has 6 nitrogen and oxygen atoms in total. The lowest BCUT2D eigenvalue weighted by Crippen LogP contribution is -2.19. The number of alkyl halides is 3. The Bertz CT molecular complexity index is 937. The molecule has 1 unspecified atom stereocenters. The highest BCUT2D eigenvalue weighted by Gasteiger charge is 2.28. The number of rotatable bonds is 6. The summed E-state index contributed by atoms with van der Waals surface area (Å²) in [5.74, 6) is 1.33. The maximum atomic E-state index is 12.2. The van der Waals surface area contributed by atoms with E-state index in [-0.39, 0.29) is 11.8 Å². The minimum Gasteiger partial charge on any atom is -0.484 e. The summed E-state index contributed by atoms with van der Waals surface area (Å²) in [7, 11) is 0. The highest BCUT2D eigenvalue weighted by molar-refractivity contribution is 5.40. The van der Waals surface area contributed by atoms with Crippen LogP contribution in [0, 0.1) is 13.8 Å². The van der Waals surface area contributed by atoms with Crippen LogP contribution in [-0.2, 0) is 0 Å². The first-order valence-corrected chi connectivity index (χ1v) is 8.63. The highest BCUT2D eigenvalue weighted by Crippen LogP contribution is 2.23. The summed E-state index contributed by atoms with van der Waals surface area (Å²) in [5, 5.41) is 7.63. The van der Waals surface area contributed by atoms with Crippen molar-refractivity contribution in [3.8, 4) is 11.6 Å². The van der Waals surface area contributed by atoms with Gasteiger partial charge < -0.3 is 10.1 Å². The Kier molecular flexibility index (Phi) is 5.53. The minimum absolute atomic E-state index is 0.137. The van der Waals surface area contributed by atoms with E-state index in [9.17, 15) is 13.2 Å². The molecule has 0 aliphatic rings. The summed E-state index contributed by atoms with van der Waals surface area (Å²) in [6, 6.07) is 8.26. The SMILES string of the molecule is Cc1cc(C)n(-c2cncc(NC(C)c3ccc(OCC(F)(F)F)cc3)n2)n1. The molecule has 0 aliphatic heterocycles. The largest absolute Gasteiger partial charge is 0.484 e. The van der Waals surface area contributed by atoms with Gasteiger partial charge in [-0.15, -0.1) is 0 Å². The van der Waals surface area contributed by atoms with Gasteiger partial charge in [-0.05, 0) is 44.5 Å². The van der Waals surface area contributed by atoms with E-state index >= 15 is 0 Å². The van der Waals surface area contributed by atoms with Gasteiger partial charge in [-0.1, -0.05) is 12.1 Å². The van der Waals surface area contributed by atoms with E-state index in [0.717, 1.165) is 17.0 Å². The van der Waals surface area contributed by atoms with Gasteiger partial charge in [0.2, 0.25) is 0 Å². The van der Waals surface area contributed by atoms with Crippen molar-refractivity contribution in [2.24, 2.45) is 0 Å². The molecule has 9 heteroatoms. The van der Waals surface area contributed by atoms with E-state index < -0.39 is 12.8 Å². The standard InChI is InChI=1S/C19H20F3N5O/c1-12-8-13(2)27(26-12)18-10-23-9-17(25-18)24-14(3)15-4-6-16(7-5-15)28-11-19(20,21)22/h4-10,14H,11H2,1-3H3,(H,24,25). The predicted octanol–water partition coefficient (Wildman–Crippen LogP) is 4.39. The molecule has 1 atom stereocenters. The zero-order valence-electron chi connectivity index (χ0n) is 15.7. The number of hydrogen-bond acceptors (Lipinski definition) is 5. The Morgan fingerprint density at radius 3 is 2.46 bits per heavy atom. The fourth-order valence-electron chi connectivity index (χ4n) is 2.71. The van der Waals surface area contributed by atoms with Gasteiger partial charge in [-0.2, -0.15) is 18.3 Å². The smallest absolute Gasteiger partial charge is 0.422 e. The zero-order valence-corrected chi connectivity index (χ0v) is 15.7. The third-order valence-corrected chi connectivity index (χ3v) is 4.00. The monoisotopic (exact) mass is 391 g/mol. The molecule has 0 fully saturated rings. The highest BCUT2D eigenvalue weighted by atomic mass is 19.4. The molecule has 0 amide bonds. The molecule has 1 N–H and O–H groups in total. The van der Waals surface area contributed by atoms with Gasteiger partial charge in [0.05, 0.1) is 18.1 Å². The molecule has 0 saturated carbocycles. The lowest BCUT2D eigenvalue weighted by Gasteiger charge is -2.16. The molecule has 0 saturated heterocycles. The van der Waals surface area contributed by atoms with E-state index in [1.165, 1.54) is 12.1 Å². The average molecular weight is 391 g/mol. The van der Waals surface area contributed by atoms with E-state index in [0.29, 0.717) is 11.6 Å². The molecule has 28 heavy (non-hydrogen) atoms. The third kappa shape index (κ3) is 4.99. The van der Waals surface area contributed by atoms with Crippen molar-refractivity contribution in [3.05, 3.63) is 59.7 Å². The van der Waals surface area contributed by atoms with Gasteiger partial charge in [0.25, 0.3) is 0 Å². The van der Waals surface area contributed by atoms with Gasteiger partial charge in [0.1, 0.15) is 11.6 Å². The molecule has 3 aromatic rings. The number of halogens is 3. The number of aryl methyl sites for hydroxylation is 2. The Labute approximate surface area is 160 Å². The second-order valence-corrected chi connectivity index (χ2v) is 6.44. The second-order valence-electron chi connectivity index (χ2n) is 6.44. The fraction of sp³-hybridized carbons (Fsp3) is 0.316. The lowest BCUT2D eigenvalue weighted by atomic mass is 10.1. The van der Waals surface area contributed by atoms with E-state index in [1.54, 1.807) is 29.2 Å². The van der Waals surface area contributed by atoms with Crippen molar-refractivity contribution in [3.63, 3.8) is 0 Å². The van der Waals surface area contributed by atoms with E-state index in [1.807, 2.05) is 26.8 Å².